The molecule has 0 aliphatic carbocycles. The van der Waals surface area contributed by atoms with Crippen LogP contribution in [-0.2, 0) is 0 Å². The van der Waals surface area contributed by atoms with Crippen LogP contribution in [0.3, 0.4) is 0 Å². The van der Waals surface area contributed by atoms with Crippen molar-refractivity contribution in [1.29, 1.82) is 0 Å². The lowest BCUT2D eigenvalue weighted by molar-refractivity contribution is 0.580. The zero-order valence-corrected chi connectivity index (χ0v) is 8.18. The SMILES string of the molecule is NCCNc1cc(-c2ccco2)ncn1. The van der Waals surface area contributed by atoms with E-state index in [-0.39, 0.29) is 0 Å². The molecule has 0 spiro atoms. The summed E-state index contributed by atoms with van der Waals surface area (Å²) in [6.45, 7) is 1.26. The van der Waals surface area contributed by atoms with Crippen LogP contribution >= 0.6 is 0 Å². The average Bonchev–Trinajstić information content (AvgIpc) is 2.80. The number of nitrogens with zero attached hydrogens (tertiary/aromatic N) is 2. The highest BCUT2D eigenvalue weighted by atomic mass is 16.3. The number of aromatic nitrogens is 2. The molecule has 0 aromatic carbocycles. The molecule has 0 bridgehead atoms. The van der Waals surface area contributed by atoms with Gasteiger partial charge in [-0.25, -0.2) is 9.97 Å². The van der Waals surface area contributed by atoms with Crippen LogP contribution in [0.5, 0.6) is 0 Å². The highest BCUT2D eigenvalue weighted by molar-refractivity contribution is 5.56. The first-order valence-corrected chi connectivity index (χ1v) is 4.70. The van der Waals surface area contributed by atoms with Crippen molar-refractivity contribution in [3.05, 3.63) is 30.8 Å². The number of hydrogen-bond donors (Lipinski definition) is 2. The third-order valence-corrected chi connectivity index (χ3v) is 1.89. The minimum Gasteiger partial charge on any atom is -0.463 e. The molecule has 0 saturated heterocycles. The van der Waals surface area contributed by atoms with Gasteiger partial charge in [-0.3, -0.25) is 0 Å². The van der Waals surface area contributed by atoms with Gasteiger partial charge >= 0.3 is 0 Å². The Hall–Kier alpha value is -1.88. The Morgan fingerprint density at radius 2 is 2.33 bits per heavy atom. The highest BCUT2D eigenvalue weighted by Gasteiger charge is 2.03. The smallest absolute Gasteiger partial charge is 0.152 e. The summed E-state index contributed by atoms with van der Waals surface area (Å²) in [5.41, 5.74) is 6.14. The predicted molar refractivity (Wildman–Crippen MR) is 57.3 cm³/mol. The van der Waals surface area contributed by atoms with Gasteiger partial charge in [-0.1, -0.05) is 0 Å². The molecule has 2 heterocycles. The predicted octanol–water partition coefficient (Wildman–Crippen LogP) is 1.11. The normalized spacial score (nSPS) is 10.2. The van der Waals surface area contributed by atoms with Gasteiger partial charge in [-0.05, 0) is 12.1 Å². The van der Waals surface area contributed by atoms with Crippen LogP contribution in [0.25, 0.3) is 11.5 Å². The van der Waals surface area contributed by atoms with E-state index in [0.29, 0.717) is 13.1 Å². The standard InChI is InChI=1S/C10H12N4O/c11-3-4-12-10-6-8(13-7-14-10)9-2-1-5-15-9/h1-2,5-7H,3-4,11H2,(H,12,13,14). The first kappa shape index (κ1) is 9.67. The topological polar surface area (TPSA) is 77.0 Å². The van der Waals surface area contributed by atoms with Gasteiger partial charge in [0.2, 0.25) is 0 Å². The zero-order chi connectivity index (χ0) is 10.5. The Kier molecular flexibility index (Phi) is 2.94. The van der Waals surface area contributed by atoms with Crippen molar-refractivity contribution in [3.63, 3.8) is 0 Å². The molecule has 0 fully saturated rings. The van der Waals surface area contributed by atoms with Crippen molar-refractivity contribution < 1.29 is 4.42 Å². The van der Waals surface area contributed by atoms with Crippen LogP contribution < -0.4 is 11.1 Å². The van der Waals surface area contributed by atoms with Crippen molar-refractivity contribution in [2.24, 2.45) is 5.73 Å². The molecule has 0 aliphatic rings. The second-order valence-corrected chi connectivity index (χ2v) is 2.98. The van der Waals surface area contributed by atoms with E-state index >= 15 is 0 Å². The summed E-state index contributed by atoms with van der Waals surface area (Å²) in [4.78, 5) is 8.18. The summed E-state index contributed by atoms with van der Waals surface area (Å²) in [6.07, 6.45) is 3.11. The van der Waals surface area contributed by atoms with Gasteiger partial charge in [-0.15, -0.1) is 0 Å². The van der Waals surface area contributed by atoms with E-state index < -0.39 is 0 Å². The number of rotatable bonds is 4. The Bertz CT molecular complexity index is 413. The molecule has 2 rings (SSSR count). The minimum atomic E-state index is 0.570. The van der Waals surface area contributed by atoms with E-state index in [1.807, 2.05) is 18.2 Å². The van der Waals surface area contributed by atoms with Crippen LogP contribution in [0.1, 0.15) is 0 Å². The fourth-order valence-electron chi connectivity index (χ4n) is 1.21. The highest BCUT2D eigenvalue weighted by Crippen LogP contribution is 2.18. The molecular weight excluding hydrogens is 192 g/mol. The summed E-state index contributed by atoms with van der Waals surface area (Å²) in [5, 5.41) is 3.08. The minimum absolute atomic E-state index is 0.570. The fourth-order valence-corrected chi connectivity index (χ4v) is 1.21. The molecule has 2 aromatic rings. The van der Waals surface area contributed by atoms with E-state index in [1.165, 1.54) is 6.33 Å². The Morgan fingerprint density at radius 1 is 1.40 bits per heavy atom. The van der Waals surface area contributed by atoms with Crippen molar-refractivity contribution in [2.75, 3.05) is 18.4 Å². The molecule has 0 saturated carbocycles. The first-order chi connectivity index (χ1) is 7.40. The summed E-state index contributed by atoms with van der Waals surface area (Å²) in [5.74, 6) is 1.48. The number of furan rings is 1. The lowest BCUT2D eigenvalue weighted by Crippen LogP contribution is -2.13. The van der Waals surface area contributed by atoms with Gasteiger partial charge in [0.15, 0.2) is 5.76 Å². The van der Waals surface area contributed by atoms with Crippen LogP contribution in [0.2, 0.25) is 0 Å². The maximum absolute atomic E-state index is 5.38. The van der Waals surface area contributed by atoms with Gasteiger partial charge < -0.3 is 15.5 Å². The quantitative estimate of drug-likeness (QED) is 0.780. The Labute approximate surface area is 87.3 Å². The molecule has 78 valence electrons. The molecule has 0 unspecified atom stereocenters. The van der Waals surface area contributed by atoms with E-state index in [9.17, 15) is 0 Å². The zero-order valence-electron chi connectivity index (χ0n) is 8.18. The monoisotopic (exact) mass is 204 g/mol. The first-order valence-electron chi connectivity index (χ1n) is 4.70. The summed E-state index contributed by atoms with van der Waals surface area (Å²) in [6, 6.07) is 5.51. The molecule has 15 heavy (non-hydrogen) atoms. The average molecular weight is 204 g/mol. The van der Waals surface area contributed by atoms with Crippen molar-refractivity contribution >= 4 is 5.82 Å². The number of hydrogen-bond acceptors (Lipinski definition) is 5. The summed E-state index contributed by atoms with van der Waals surface area (Å²) >= 11 is 0. The number of anilines is 1. The molecule has 0 amide bonds. The third kappa shape index (κ3) is 2.32. The Balaban J connectivity index is 2.19. The van der Waals surface area contributed by atoms with Gasteiger partial charge in [0.25, 0.3) is 0 Å². The van der Waals surface area contributed by atoms with Crippen molar-refractivity contribution in [1.82, 2.24) is 9.97 Å². The van der Waals surface area contributed by atoms with Gasteiger partial charge in [-0.2, -0.15) is 0 Å². The maximum atomic E-state index is 5.38. The maximum Gasteiger partial charge on any atom is 0.152 e. The van der Waals surface area contributed by atoms with Crippen LogP contribution in [0.4, 0.5) is 5.82 Å². The molecule has 2 aromatic heterocycles. The van der Waals surface area contributed by atoms with Gasteiger partial charge in [0.1, 0.15) is 17.8 Å². The van der Waals surface area contributed by atoms with E-state index in [4.69, 9.17) is 10.2 Å². The van der Waals surface area contributed by atoms with Crippen molar-refractivity contribution in [3.8, 4) is 11.5 Å². The lowest BCUT2D eigenvalue weighted by Gasteiger charge is -2.03. The molecule has 0 radical (unpaired) electrons. The van der Waals surface area contributed by atoms with Gasteiger partial charge in [0, 0.05) is 19.2 Å². The molecule has 0 aliphatic heterocycles. The number of nitrogens with one attached hydrogen (secondary N) is 1. The van der Waals surface area contributed by atoms with Gasteiger partial charge in [0.05, 0.1) is 6.26 Å². The number of nitrogens with two attached hydrogens (primary N) is 1. The summed E-state index contributed by atoms with van der Waals surface area (Å²) in [7, 11) is 0. The van der Waals surface area contributed by atoms with E-state index in [0.717, 1.165) is 17.3 Å². The fraction of sp³-hybridized carbons (Fsp3) is 0.200. The van der Waals surface area contributed by atoms with Crippen LogP contribution in [0.15, 0.2) is 35.2 Å². The van der Waals surface area contributed by atoms with Crippen LogP contribution in [0, 0.1) is 0 Å². The molecule has 0 atom stereocenters. The van der Waals surface area contributed by atoms with Crippen molar-refractivity contribution in [2.45, 2.75) is 0 Å². The third-order valence-electron chi connectivity index (χ3n) is 1.89. The second kappa shape index (κ2) is 4.56. The lowest BCUT2D eigenvalue weighted by atomic mass is 10.3. The molecule has 5 nitrogen and oxygen atoms in total. The molecular formula is C10H12N4O. The van der Waals surface area contributed by atoms with Crippen LogP contribution in [-0.4, -0.2) is 23.1 Å². The van der Waals surface area contributed by atoms with E-state index in [1.54, 1.807) is 6.26 Å². The second-order valence-electron chi connectivity index (χ2n) is 2.98. The Morgan fingerprint density at radius 3 is 3.07 bits per heavy atom. The largest absolute Gasteiger partial charge is 0.463 e. The molecule has 5 heteroatoms. The molecule has 3 N–H and O–H groups in total. The summed E-state index contributed by atoms with van der Waals surface area (Å²) < 4.78 is 5.24. The van der Waals surface area contributed by atoms with E-state index in [2.05, 4.69) is 15.3 Å².